The van der Waals surface area contributed by atoms with Crippen LogP contribution in [0, 0.1) is 11.8 Å². The summed E-state index contributed by atoms with van der Waals surface area (Å²) in [4.78, 5) is 38.6. The molecule has 1 saturated carbocycles. The van der Waals surface area contributed by atoms with Crippen LogP contribution < -0.4 is 0 Å². The van der Waals surface area contributed by atoms with Gasteiger partial charge in [-0.05, 0) is 58.4 Å². The van der Waals surface area contributed by atoms with E-state index in [2.05, 4.69) is 0 Å². The Bertz CT molecular complexity index is 852. The molecule has 0 amide bonds. The Kier molecular flexibility index (Phi) is 6.37. The molecule has 2 aliphatic carbocycles. The van der Waals surface area contributed by atoms with Crippen molar-refractivity contribution < 1.29 is 32.6 Å². The van der Waals surface area contributed by atoms with Gasteiger partial charge in [-0.3, -0.25) is 9.59 Å². The van der Waals surface area contributed by atoms with E-state index in [0.29, 0.717) is 23.3 Å². The number of carbonyl (C=O) groups excluding carboxylic acids is 3. The number of rotatable bonds is 7. The topological polar surface area (TPSA) is 69.7 Å². The van der Waals surface area contributed by atoms with Crippen molar-refractivity contribution >= 4 is 29.1 Å². The molecule has 0 unspecified atom stereocenters. The van der Waals surface area contributed by atoms with E-state index in [1.54, 1.807) is 6.92 Å². The molecule has 1 heterocycles. The van der Waals surface area contributed by atoms with E-state index in [4.69, 9.17) is 9.47 Å². The minimum atomic E-state index is -2.92. The fourth-order valence-electron chi connectivity index (χ4n) is 3.91. The first-order chi connectivity index (χ1) is 13.9. The second-order valence-electron chi connectivity index (χ2n) is 9.08. The van der Waals surface area contributed by atoms with Crippen molar-refractivity contribution in [2.45, 2.75) is 77.7 Å². The Hall–Kier alpha value is -1.83. The zero-order chi connectivity index (χ0) is 22.3. The summed E-state index contributed by atoms with van der Waals surface area (Å²) in [5, 5.41) is 0. The van der Waals surface area contributed by atoms with Crippen molar-refractivity contribution in [3.05, 3.63) is 20.9 Å². The smallest absolute Gasteiger partial charge is 0.339 e. The molecule has 0 N–H and O–H groups in total. The average Bonchev–Trinajstić information content (AvgIpc) is 3.09. The molecule has 0 aromatic carbocycles. The number of esters is 2. The van der Waals surface area contributed by atoms with Crippen molar-refractivity contribution in [1.29, 1.82) is 0 Å². The number of fused-ring (bicyclic) bond motifs is 1. The number of thiophene rings is 1. The summed E-state index contributed by atoms with van der Waals surface area (Å²) in [5.41, 5.74) is 0.569. The third-order valence-corrected chi connectivity index (χ3v) is 6.63. The Morgan fingerprint density at radius 1 is 1.23 bits per heavy atom. The molecule has 1 aromatic rings. The molecule has 0 spiro atoms. The van der Waals surface area contributed by atoms with Crippen molar-refractivity contribution in [2.75, 3.05) is 6.61 Å². The van der Waals surface area contributed by atoms with Crippen LogP contribution in [0.5, 0.6) is 0 Å². The van der Waals surface area contributed by atoms with Gasteiger partial charge < -0.3 is 9.47 Å². The van der Waals surface area contributed by atoms with Gasteiger partial charge in [0, 0.05) is 29.0 Å². The Morgan fingerprint density at radius 3 is 2.47 bits per heavy atom. The summed E-state index contributed by atoms with van der Waals surface area (Å²) in [6, 6.07) is 0. The van der Waals surface area contributed by atoms with E-state index in [-0.39, 0.29) is 31.3 Å². The Balaban J connectivity index is 1.79. The highest BCUT2D eigenvalue weighted by molar-refractivity contribution is 7.12. The highest BCUT2D eigenvalue weighted by Crippen LogP contribution is 2.50. The molecule has 0 radical (unpaired) electrons. The lowest BCUT2D eigenvalue weighted by molar-refractivity contribution is -0.156. The second kappa shape index (κ2) is 8.36. The largest absolute Gasteiger partial charge is 0.462 e. The molecule has 5 nitrogen and oxygen atoms in total. The number of ketones is 1. The summed E-state index contributed by atoms with van der Waals surface area (Å²) in [6.07, 6.45) is 1.60. The SMILES string of the molecule is CCOC(=O)c1c(CC(=O)[C@H]2CC2(F)F)sc2c1C[C@@H](CC(=O)OC(C)(C)C)CC2. The molecule has 30 heavy (non-hydrogen) atoms. The Labute approximate surface area is 179 Å². The molecule has 0 saturated heterocycles. The molecule has 1 aromatic heterocycles. The Morgan fingerprint density at radius 2 is 1.90 bits per heavy atom. The molecule has 2 atom stereocenters. The molecule has 0 aliphatic heterocycles. The quantitative estimate of drug-likeness (QED) is 0.581. The first-order valence-corrected chi connectivity index (χ1v) is 11.2. The number of aryl methyl sites for hydroxylation is 1. The summed E-state index contributed by atoms with van der Waals surface area (Å²) in [6.45, 7) is 7.31. The number of Topliss-reactive ketones (excluding diaryl/α,β-unsaturated/α-hetero) is 1. The van der Waals surface area contributed by atoms with Crippen LogP contribution in [0.3, 0.4) is 0 Å². The zero-order valence-electron chi connectivity index (χ0n) is 17.8. The number of hydrogen-bond donors (Lipinski definition) is 0. The minimum Gasteiger partial charge on any atom is -0.462 e. The van der Waals surface area contributed by atoms with E-state index in [9.17, 15) is 23.2 Å². The normalized spacial score (nSPS) is 22.2. The lowest BCUT2D eigenvalue weighted by Crippen LogP contribution is -2.27. The summed E-state index contributed by atoms with van der Waals surface area (Å²) >= 11 is 1.34. The average molecular weight is 443 g/mol. The van der Waals surface area contributed by atoms with Crippen molar-refractivity contribution in [3.63, 3.8) is 0 Å². The summed E-state index contributed by atoms with van der Waals surface area (Å²) < 4.78 is 37.2. The first kappa shape index (κ1) is 22.8. The molecule has 3 rings (SSSR count). The van der Waals surface area contributed by atoms with E-state index in [0.717, 1.165) is 16.9 Å². The maximum Gasteiger partial charge on any atom is 0.339 e. The van der Waals surface area contributed by atoms with Crippen LogP contribution in [0.1, 0.15) is 72.6 Å². The molecule has 8 heteroatoms. The maximum absolute atomic E-state index is 13.3. The van der Waals surface area contributed by atoms with Gasteiger partial charge >= 0.3 is 11.9 Å². The molecule has 1 fully saturated rings. The first-order valence-electron chi connectivity index (χ1n) is 10.3. The third-order valence-electron chi connectivity index (χ3n) is 5.34. The van der Waals surface area contributed by atoms with Crippen molar-refractivity contribution in [3.8, 4) is 0 Å². The predicted octanol–water partition coefficient (Wildman–Crippen LogP) is 4.53. The molecular formula is C22H28F2O5S. The number of halogens is 2. The van der Waals surface area contributed by atoms with Gasteiger partial charge in [-0.15, -0.1) is 11.3 Å². The fraction of sp³-hybridized carbons (Fsp3) is 0.682. The van der Waals surface area contributed by atoms with Crippen molar-refractivity contribution in [1.82, 2.24) is 0 Å². The monoisotopic (exact) mass is 442 g/mol. The van der Waals surface area contributed by atoms with Gasteiger partial charge in [0.25, 0.3) is 5.92 Å². The van der Waals surface area contributed by atoms with E-state index in [1.807, 2.05) is 20.8 Å². The fourth-order valence-corrected chi connectivity index (χ4v) is 5.26. The number of carbonyl (C=O) groups is 3. The van der Waals surface area contributed by atoms with E-state index < -0.39 is 35.6 Å². The molecular weight excluding hydrogens is 414 g/mol. The van der Waals surface area contributed by atoms with Crippen LogP contribution in [0.15, 0.2) is 0 Å². The highest BCUT2D eigenvalue weighted by Gasteiger charge is 2.60. The van der Waals surface area contributed by atoms with Crippen LogP contribution >= 0.6 is 11.3 Å². The molecule has 2 aliphatic rings. The third kappa shape index (κ3) is 5.25. The van der Waals surface area contributed by atoms with E-state index in [1.165, 1.54) is 11.3 Å². The van der Waals surface area contributed by atoms with Gasteiger partial charge in [-0.25, -0.2) is 13.6 Å². The van der Waals surface area contributed by atoms with Gasteiger partial charge in [-0.1, -0.05) is 0 Å². The minimum absolute atomic E-state index is 0.0199. The van der Waals surface area contributed by atoms with Gasteiger partial charge in [0.05, 0.1) is 18.1 Å². The van der Waals surface area contributed by atoms with E-state index >= 15 is 0 Å². The lowest BCUT2D eigenvalue weighted by atomic mass is 9.84. The van der Waals surface area contributed by atoms with Gasteiger partial charge in [0.1, 0.15) is 11.4 Å². The van der Waals surface area contributed by atoms with Crippen LogP contribution in [0.25, 0.3) is 0 Å². The number of hydrogen-bond acceptors (Lipinski definition) is 6. The molecule has 166 valence electrons. The maximum atomic E-state index is 13.3. The number of ether oxygens (including phenoxy) is 2. The van der Waals surface area contributed by atoms with Gasteiger partial charge in [0.15, 0.2) is 0 Å². The van der Waals surface area contributed by atoms with Crippen LogP contribution in [-0.4, -0.2) is 35.9 Å². The van der Waals surface area contributed by atoms with Crippen molar-refractivity contribution in [2.24, 2.45) is 11.8 Å². The lowest BCUT2D eigenvalue weighted by Gasteiger charge is -2.25. The van der Waals surface area contributed by atoms with Crippen LogP contribution in [0.2, 0.25) is 0 Å². The second-order valence-corrected chi connectivity index (χ2v) is 10.3. The van der Waals surface area contributed by atoms with Gasteiger partial charge in [0.2, 0.25) is 0 Å². The van der Waals surface area contributed by atoms with Crippen LogP contribution in [0.4, 0.5) is 8.78 Å². The highest BCUT2D eigenvalue weighted by atomic mass is 32.1. The van der Waals surface area contributed by atoms with Gasteiger partial charge in [-0.2, -0.15) is 0 Å². The number of alkyl halides is 2. The summed E-state index contributed by atoms with van der Waals surface area (Å²) in [7, 11) is 0. The zero-order valence-corrected chi connectivity index (χ0v) is 18.6. The summed E-state index contributed by atoms with van der Waals surface area (Å²) in [5.74, 6) is -5.49. The standard InChI is InChI=1S/C22H28F2O5S/c1-5-28-20(27)19-13-8-12(9-18(26)29-21(2,3)4)6-7-16(13)30-17(19)10-15(25)14-11-22(14,23)24/h12,14H,5-11H2,1-4H3/t12-,14+/m0/s1. The predicted molar refractivity (Wildman–Crippen MR) is 108 cm³/mol. The van der Waals surface area contributed by atoms with Crippen LogP contribution in [-0.2, 0) is 38.3 Å². The molecule has 0 bridgehead atoms.